The maximum atomic E-state index is 12.8. The highest BCUT2D eigenvalue weighted by atomic mass is 16.2. The predicted octanol–water partition coefficient (Wildman–Crippen LogP) is 2.08. The van der Waals surface area contributed by atoms with Crippen molar-refractivity contribution in [1.82, 2.24) is 9.88 Å². The summed E-state index contributed by atoms with van der Waals surface area (Å²) >= 11 is 0. The molecule has 1 aliphatic heterocycles. The Kier molecular flexibility index (Phi) is 3.61. The van der Waals surface area contributed by atoms with Crippen molar-refractivity contribution in [2.45, 2.75) is 45.1 Å². The van der Waals surface area contributed by atoms with Crippen LogP contribution in [0.4, 0.5) is 5.82 Å². The summed E-state index contributed by atoms with van der Waals surface area (Å²) in [6, 6.07) is 4.03. The van der Waals surface area contributed by atoms with E-state index in [0.717, 1.165) is 25.1 Å². The quantitative estimate of drug-likeness (QED) is 0.640. The van der Waals surface area contributed by atoms with Crippen LogP contribution in [-0.2, 0) is 0 Å². The van der Waals surface area contributed by atoms with Gasteiger partial charge in [0.25, 0.3) is 5.91 Å². The molecule has 5 nitrogen and oxygen atoms in total. The number of anilines is 1. The number of carbonyl (C=O) groups excluding carboxylic acids is 1. The van der Waals surface area contributed by atoms with E-state index >= 15 is 0 Å². The number of aromatic nitrogens is 1. The minimum atomic E-state index is 0.126. The van der Waals surface area contributed by atoms with E-state index in [1.165, 1.54) is 19.3 Å². The second-order valence-corrected chi connectivity index (χ2v) is 5.93. The molecular weight excluding hydrogens is 252 g/mol. The molecule has 108 valence electrons. The van der Waals surface area contributed by atoms with Crippen LogP contribution in [0.2, 0.25) is 0 Å². The normalized spacial score (nSPS) is 25.4. The van der Waals surface area contributed by atoms with Gasteiger partial charge in [0, 0.05) is 23.8 Å². The van der Waals surface area contributed by atoms with Crippen LogP contribution in [0.25, 0.3) is 0 Å². The van der Waals surface area contributed by atoms with E-state index in [1.54, 1.807) is 6.07 Å². The zero-order valence-corrected chi connectivity index (χ0v) is 11.9. The highest BCUT2D eigenvalue weighted by Crippen LogP contribution is 2.36. The minimum absolute atomic E-state index is 0.126. The largest absolute Gasteiger partial charge is 0.335 e. The fraction of sp³-hybridized carbons (Fsp3) is 0.600. The summed E-state index contributed by atoms with van der Waals surface area (Å²) < 4.78 is 0. The summed E-state index contributed by atoms with van der Waals surface area (Å²) in [4.78, 5) is 19.1. The lowest BCUT2D eigenvalue weighted by atomic mass is 9.85. The molecule has 0 spiro atoms. The van der Waals surface area contributed by atoms with Gasteiger partial charge in [-0.3, -0.25) is 4.79 Å². The molecule has 0 bridgehead atoms. The summed E-state index contributed by atoms with van der Waals surface area (Å²) in [5.74, 6) is 6.80. The second-order valence-electron chi connectivity index (χ2n) is 5.93. The number of nitrogens with two attached hydrogens (primary N) is 1. The number of aryl methyl sites for hydroxylation is 1. The highest BCUT2D eigenvalue weighted by Gasteiger charge is 2.38. The van der Waals surface area contributed by atoms with Crippen LogP contribution in [0.3, 0.4) is 0 Å². The molecule has 1 amide bonds. The molecule has 2 unspecified atom stereocenters. The van der Waals surface area contributed by atoms with Gasteiger partial charge in [-0.2, -0.15) is 0 Å². The maximum absolute atomic E-state index is 12.8. The Bertz CT molecular complexity index is 517. The zero-order valence-electron chi connectivity index (χ0n) is 11.9. The minimum Gasteiger partial charge on any atom is -0.335 e. The monoisotopic (exact) mass is 274 g/mol. The number of nitrogens with one attached hydrogen (secondary N) is 1. The molecule has 2 heterocycles. The number of carbonyl (C=O) groups is 1. The molecule has 0 aromatic carbocycles. The first-order valence-electron chi connectivity index (χ1n) is 7.45. The molecular formula is C15H22N4O. The van der Waals surface area contributed by atoms with Gasteiger partial charge in [0.15, 0.2) is 0 Å². The van der Waals surface area contributed by atoms with Gasteiger partial charge in [0.1, 0.15) is 5.82 Å². The summed E-state index contributed by atoms with van der Waals surface area (Å²) in [6.07, 6.45) is 6.15. The van der Waals surface area contributed by atoms with Gasteiger partial charge >= 0.3 is 0 Å². The van der Waals surface area contributed by atoms with Crippen LogP contribution in [0.1, 0.15) is 48.2 Å². The van der Waals surface area contributed by atoms with Crippen LogP contribution < -0.4 is 11.3 Å². The first-order valence-corrected chi connectivity index (χ1v) is 7.45. The van der Waals surface area contributed by atoms with Crippen LogP contribution in [0, 0.1) is 12.8 Å². The standard InChI is InChI=1S/C15H22N4O/c1-10-8-12(9-14(17-10)18-16)15(20)19-7-6-11-4-2-3-5-13(11)19/h8-9,11,13H,2-7,16H2,1H3,(H,17,18). The molecule has 2 atom stereocenters. The van der Waals surface area contributed by atoms with Gasteiger partial charge in [0.2, 0.25) is 0 Å². The Hall–Kier alpha value is -1.62. The fourth-order valence-electron chi connectivity index (χ4n) is 3.69. The Labute approximate surface area is 119 Å². The summed E-state index contributed by atoms with van der Waals surface area (Å²) in [6.45, 7) is 2.77. The van der Waals surface area contributed by atoms with Crippen molar-refractivity contribution in [3.8, 4) is 0 Å². The summed E-state index contributed by atoms with van der Waals surface area (Å²) in [7, 11) is 0. The van der Waals surface area contributed by atoms with E-state index in [1.807, 2.05) is 13.0 Å². The van der Waals surface area contributed by atoms with Gasteiger partial charge in [-0.15, -0.1) is 0 Å². The Balaban J connectivity index is 1.83. The lowest BCUT2D eigenvalue weighted by molar-refractivity contribution is 0.0690. The zero-order chi connectivity index (χ0) is 14.1. The van der Waals surface area contributed by atoms with E-state index in [9.17, 15) is 4.79 Å². The van der Waals surface area contributed by atoms with Gasteiger partial charge in [-0.25, -0.2) is 10.8 Å². The van der Waals surface area contributed by atoms with Crippen molar-refractivity contribution in [2.24, 2.45) is 11.8 Å². The van der Waals surface area contributed by atoms with Gasteiger partial charge in [-0.05, 0) is 44.2 Å². The number of fused-ring (bicyclic) bond motifs is 1. The third kappa shape index (κ3) is 2.38. The third-order valence-corrected chi connectivity index (χ3v) is 4.62. The van der Waals surface area contributed by atoms with Crippen molar-refractivity contribution in [2.75, 3.05) is 12.0 Å². The number of hydrogen-bond donors (Lipinski definition) is 2. The number of rotatable bonds is 2. The van der Waals surface area contributed by atoms with E-state index in [0.29, 0.717) is 23.3 Å². The molecule has 1 saturated carbocycles. The Morgan fingerprint density at radius 3 is 2.95 bits per heavy atom. The van der Waals surface area contributed by atoms with Gasteiger partial charge in [-0.1, -0.05) is 12.8 Å². The number of hydrazine groups is 1. The second kappa shape index (κ2) is 5.40. The molecule has 1 aromatic heterocycles. The smallest absolute Gasteiger partial charge is 0.254 e. The van der Waals surface area contributed by atoms with Crippen LogP contribution >= 0.6 is 0 Å². The third-order valence-electron chi connectivity index (χ3n) is 4.62. The lowest BCUT2D eigenvalue weighted by Crippen LogP contribution is -2.39. The molecule has 2 fully saturated rings. The fourth-order valence-corrected chi connectivity index (χ4v) is 3.69. The summed E-state index contributed by atoms with van der Waals surface area (Å²) in [5.41, 5.74) is 4.03. The molecule has 20 heavy (non-hydrogen) atoms. The number of hydrogen-bond acceptors (Lipinski definition) is 4. The van der Waals surface area contributed by atoms with Crippen molar-refractivity contribution < 1.29 is 4.79 Å². The van der Waals surface area contributed by atoms with E-state index in [4.69, 9.17) is 5.84 Å². The van der Waals surface area contributed by atoms with Crippen LogP contribution in [0.5, 0.6) is 0 Å². The molecule has 1 aliphatic carbocycles. The van der Waals surface area contributed by atoms with Crippen molar-refractivity contribution in [1.29, 1.82) is 0 Å². The molecule has 1 saturated heterocycles. The van der Waals surface area contributed by atoms with E-state index in [2.05, 4.69) is 15.3 Å². The number of likely N-dealkylation sites (tertiary alicyclic amines) is 1. The SMILES string of the molecule is Cc1cc(C(=O)N2CCC3CCCCC32)cc(NN)n1. The topological polar surface area (TPSA) is 71.2 Å². The molecule has 1 aromatic rings. The Morgan fingerprint density at radius 1 is 1.35 bits per heavy atom. The average Bonchev–Trinajstić information content (AvgIpc) is 2.89. The lowest BCUT2D eigenvalue weighted by Gasteiger charge is -2.31. The van der Waals surface area contributed by atoms with E-state index in [-0.39, 0.29) is 5.91 Å². The number of amides is 1. The van der Waals surface area contributed by atoms with Crippen molar-refractivity contribution in [3.05, 3.63) is 23.4 Å². The number of nitrogens with zero attached hydrogens (tertiary/aromatic N) is 2. The molecule has 2 aliphatic rings. The first kappa shape index (κ1) is 13.4. The van der Waals surface area contributed by atoms with Crippen LogP contribution in [-0.4, -0.2) is 28.4 Å². The first-order chi connectivity index (χ1) is 9.69. The number of nitrogen functional groups attached to an aromatic ring is 1. The highest BCUT2D eigenvalue weighted by molar-refractivity contribution is 5.95. The maximum Gasteiger partial charge on any atom is 0.254 e. The molecule has 3 N–H and O–H groups in total. The van der Waals surface area contributed by atoms with Gasteiger partial charge in [0.05, 0.1) is 0 Å². The molecule has 3 rings (SSSR count). The van der Waals surface area contributed by atoms with Crippen LogP contribution in [0.15, 0.2) is 12.1 Å². The van der Waals surface area contributed by atoms with Gasteiger partial charge < -0.3 is 10.3 Å². The molecule has 5 heteroatoms. The summed E-state index contributed by atoms with van der Waals surface area (Å²) in [5, 5.41) is 0. The Morgan fingerprint density at radius 2 is 2.15 bits per heavy atom. The average molecular weight is 274 g/mol. The van der Waals surface area contributed by atoms with E-state index < -0.39 is 0 Å². The molecule has 0 radical (unpaired) electrons. The van der Waals surface area contributed by atoms with Crippen molar-refractivity contribution >= 4 is 11.7 Å². The van der Waals surface area contributed by atoms with Crippen molar-refractivity contribution in [3.63, 3.8) is 0 Å². The predicted molar refractivity (Wildman–Crippen MR) is 78.2 cm³/mol. The number of pyridine rings is 1.